The summed E-state index contributed by atoms with van der Waals surface area (Å²) in [5, 5.41) is 0. The van der Waals surface area contributed by atoms with Crippen LogP contribution < -0.4 is 4.52 Å². The molecule has 1 aromatic rings. The SMILES string of the molecule is CCCCCCCCc1ccc(OP(=O)(O)O)cc1. The summed E-state index contributed by atoms with van der Waals surface area (Å²) in [4.78, 5) is 17.3. The van der Waals surface area contributed by atoms with Crippen LogP contribution in [0.5, 0.6) is 5.75 Å². The second-order valence-electron chi connectivity index (χ2n) is 4.74. The Kier molecular flexibility index (Phi) is 7.14. The molecule has 0 unspecified atom stereocenters. The topological polar surface area (TPSA) is 66.8 Å². The number of benzene rings is 1. The van der Waals surface area contributed by atoms with Crippen LogP contribution in [0.2, 0.25) is 0 Å². The lowest BCUT2D eigenvalue weighted by molar-refractivity contribution is 0.283. The van der Waals surface area contributed by atoms with Crippen LogP contribution in [-0.2, 0) is 11.0 Å². The van der Waals surface area contributed by atoms with Crippen molar-refractivity contribution >= 4 is 7.82 Å². The fourth-order valence-corrected chi connectivity index (χ4v) is 2.36. The van der Waals surface area contributed by atoms with Gasteiger partial charge in [0.15, 0.2) is 0 Å². The Hall–Kier alpha value is -0.830. The van der Waals surface area contributed by atoms with Crippen LogP contribution in [0.1, 0.15) is 51.0 Å². The summed E-state index contributed by atoms with van der Waals surface area (Å²) < 4.78 is 15.1. The average Bonchev–Trinajstić information content (AvgIpc) is 2.34. The summed E-state index contributed by atoms with van der Waals surface area (Å²) in [6.45, 7) is 2.21. The highest BCUT2D eigenvalue weighted by molar-refractivity contribution is 7.46. The molecule has 2 N–H and O–H groups in total. The lowest BCUT2D eigenvalue weighted by Crippen LogP contribution is -1.91. The minimum absolute atomic E-state index is 0.208. The van der Waals surface area contributed by atoms with Crippen molar-refractivity contribution in [3.8, 4) is 5.75 Å². The van der Waals surface area contributed by atoms with Gasteiger partial charge < -0.3 is 4.52 Å². The molecule has 0 amide bonds. The van der Waals surface area contributed by atoms with Crippen molar-refractivity contribution in [1.29, 1.82) is 0 Å². The monoisotopic (exact) mass is 286 g/mol. The van der Waals surface area contributed by atoms with E-state index in [-0.39, 0.29) is 5.75 Å². The molecule has 19 heavy (non-hydrogen) atoms. The van der Waals surface area contributed by atoms with E-state index < -0.39 is 7.82 Å². The molecule has 0 aliphatic heterocycles. The van der Waals surface area contributed by atoms with Gasteiger partial charge in [-0.25, -0.2) is 4.57 Å². The van der Waals surface area contributed by atoms with E-state index in [0.29, 0.717) is 0 Å². The smallest absolute Gasteiger partial charge is 0.404 e. The number of aryl methyl sites for hydroxylation is 1. The zero-order valence-corrected chi connectivity index (χ0v) is 12.3. The lowest BCUT2D eigenvalue weighted by Gasteiger charge is -2.07. The molecule has 4 nitrogen and oxygen atoms in total. The Bertz CT molecular complexity index is 396. The van der Waals surface area contributed by atoms with Gasteiger partial charge in [-0.05, 0) is 30.5 Å². The molecule has 0 bridgehead atoms. The minimum atomic E-state index is -4.44. The maximum atomic E-state index is 10.7. The van der Waals surface area contributed by atoms with Gasteiger partial charge in [-0.15, -0.1) is 0 Å². The minimum Gasteiger partial charge on any atom is -0.404 e. The Labute approximate surface area is 115 Å². The molecule has 0 fully saturated rings. The molecule has 108 valence electrons. The first kappa shape index (κ1) is 16.2. The fraction of sp³-hybridized carbons (Fsp3) is 0.571. The van der Waals surface area contributed by atoms with Gasteiger partial charge in [0, 0.05) is 0 Å². The van der Waals surface area contributed by atoms with Crippen LogP contribution in [0, 0.1) is 0 Å². The molecule has 0 atom stereocenters. The van der Waals surface area contributed by atoms with Gasteiger partial charge in [-0.2, -0.15) is 0 Å². The first-order valence-corrected chi connectivity index (χ1v) is 8.38. The summed E-state index contributed by atoms with van der Waals surface area (Å²) >= 11 is 0. The molecular weight excluding hydrogens is 263 g/mol. The van der Waals surface area contributed by atoms with Gasteiger partial charge in [-0.1, -0.05) is 51.2 Å². The van der Waals surface area contributed by atoms with E-state index in [0.717, 1.165) is 12.8 Å². The lowest BCUT2D eigenvalue weighted by atomic mass is 10.1. The Morgan fingerprint density at radius 2 is 1.58 bits per heavy atom. The van der Waals surface area contributed by atoms with Crippen molar-refractivity contribution in [3.63, 3.8) is 0 Å². The highest BCUT2D eigenvalue weighted by atomic mass is 31.2. The first-order valence-electron chi connectivity index (χ1n) is 6.85. The molecule has 1 rings (SSSR count). The van der Waals surface area contributed by atoms with Gasteiger partial charge in [0.05, 0.1) is 0 Å². The average molecular weight is 286 g/mol. The standard InChI is InChI=1S/C14H23O4P/c1-2-3-4-5-6-7-8-13-9-11-14(12-10-13)18-19(15,16)17/h9-12H,2-8H2,1H3,(H2,15,16,17). The van der Waals surface area contributed by atoms with Crippen molar-refractivity contribution < 1.29 is 18.9 Å². The molecule has 0 radical (unpaired) electrons. The number of hydrogen-bond acceptors (Lipinski definition) is 2. The first-order chi connectivity index (χ1) is 9.01. The van der Waals surface area contributed by atoms with Crippen LogP contribution in [0.4, 0.5) is 0 Å². The Morgan fingerprint density at radius 3 is 2.16 bits per heavy atom. The zero-order chi connectivity index (χ0) is 14.1. The Balaban J connectivity index is 2.26. The van der Waals surface area contributed by atoms with E-state index >= 15 is 0 Å². The normalized spacial score (nSPS) is 11.5. The summed E-state index contributed by atoms with van der Waals surface area (Å²) in [6, 6.07) is 6.92. The molecule has 0 aliphatic carbocycles. The van der Waals surface area contributed by atoms with Crippen molar-refractivity contribution in [1.82, 2.24) is 0 Å². The predicted octanol–water partition coefficient (Wildman–Crippen LogP) is 4.06. The molecule has 0 aliphatic rings. The second kappa shape index (κ2) is 8.36. The second-order valence-corrected chi connectivity index (χ2v) is 5.91. The van der Waals surface area contributed by atoms with Crippen molar-refractivity contribution in [2.24, 2.45) is 0 Å². The fourth-order valence-electron chi connectivity index (χ4n) is 1.96. The maximum absolute atomic E-state index is 10.7. The Morgan fingerprint density at radius 1 is 1.00 bits per heavy atom. The zero-order valence-electron chi connectivity index (χ0n) is 11.4. The van der Waals surface area contributed by atoms with E-state index in [1.54, 1.807) is 12.1 Å². The van der Waals surface area contributed by atoms with Gasteiger partial charge >= 0.3 is 7.82 Å². The summed E-state index contributed by atoms with van der Waals surface area (Å²) in [6.07, 6.45) is 8.57. The number of phosphoric acid groups is 1. The molecule has 0 spiro atoms. The molecular formula is C14H23O4P. The van der Waals surface area contributed by atoms with E-state index in [1.165, 1.54) is 37.7 Å². The third kappa shape index (κ3) is 8.04. The van der Waals surface area contributed by atoms with Crippen LogP contribution in [0.3, 0.4) is 0 Å². The summed E-state index contributed by atoms with van der Waals surface area (Å²) in [5.74, 6) is 0.208. The van der Waals surface area contributed by atoms with Gasteiger partial charge in [-0.3, -0.25) is 9.79 Å². The van der Waals surface area contributed by atoms with E-state index in [9.17, 15) is 4.57 Å². The van der Waals surface area contributed by atoms with E-state index in [4.69, 9.17) is 9.79 Å². The largest absolute Gasteiger partial charge is 0.524 e. The van der Waals surface area contributed by atoms with E-state index in [1.807, 2.05) is 12.1 Å². The predicted molar refractivity (Wildman–Crippen MR) is 76.2 cm³/mol. The molecule has 1 aromatic carbocycles. The summed E-state index contributed by atoms with van der Waals surface area (Å²) in [5.41, 5.74) is 1.17. The third-order valence-electron chi connectivity index (χ3n) is 2.97. The van der Waals surface area contributed by atoms with Crippen molar-refractivity contribution in [3.05, 3.63) is 29.8 Å². The number of rotatable bonds is 9. The molecule has 0 heterocycles. The van der Waals surface area contributed by atoms with Crippen molar-refractivity contribution in [2.75, 3.05) is 0 Å². The van der Waals surface area contributed by atoms with Crippen LogP contribution in [-0.4, -0.2) is 9.79 Å². The maximum Gasteiger partial charge on any atom is 0.524 e. The highest BCUT2D eigenvalue weighted by Gasteiger charge is 2.15. The number of hydrogen-bond donors (Lipinski definition) is 2. The molecule has 0 saturated carbocycles. The number of phosphoric ester groups is 1. The van der Waals surface area contributed by atoms with Crippen LogP contribution in [0.15, 0.2) is 24.3 Å². The van der Waals surface area contributed by atoms with Gasteiger partial charge in [0.25, 0.3) is 0 Å². The van der Waals surface area contributed by atoms with Gasteiger partial charge in [0.2, 0.25) is 0 Å². The van der Waals surface area contributed by atoms with E-state index in [2.05, 4.69) is 11.4 Å². The van der Waals surface area contributed by atoms with Crippen molar-refractivity contribution in [2.45, 2.75) is 51.9 Å². The molecule has 0 aromatic heterocycles. The van der Waals surface area contributed by atoms with Gasteiger partial charge in [0.1, 0.15) is 5.75 Å². The number of unbranched alkanes of at least 4 members (excludes halogenated alkanes) is 5. The quantitative estimate of drug-likeness (QED) is 0.530. The van der Waals surface area contributed by atoms with Crippen LogP contribution >= 0.6 is 7.82 Å². The summed E-state index contributed by atoms with van der Waals surface area (Å²) in [7, 11) is -4.44. The highest BCUT2D eigenvalue weighted by Crippen LogP contribution is 2.37. The molecule has 5 heteroatoms. The molecule has 0 saturated heterocycles. The third-order valence-corrected chi connectivity index (χ3v) is 3.42. The van der Waals surface area contributed by atoms with Crippen LogP contribution in [0.25, 0.3) is 0 Å².